The lowest BCUT2D eigenvalue weighted by Crippen LogP contribution is -2.01. The van der Waals surface area contributed by atoms with E-state index in [0.29, 0.717) is 11.2 Å². The van der Waals surface area contributed by atoms with Gasteiger partial charge in [0.25, 0.3) is 0 Å². The Hall–Kier alpha value is -2.10. The molecule has 0 unspecified atom stereocenters. The number of carboxylic acid groups (broad SMARTS) is 1. The second kappa shape index (κ2) is 3.57. The molecule has 1 heterocycles. The summed E-state index contributed by atoms with van der Waals surface area (Å²) in [6, 6.07) is 8.18. The molecule has 0 atom stereocenters. The highest BCUT2D eigenvalue weighted by Gasteiger charge is 2.03. The lowest BCUT2D eigenvalue weighted by atomic mass is 10.2. The van der Waals surface area contributed by atoms with Crippen LogP contribution in [0.3, 0.4) is 0 Å². The Labute approximate surface area is 85.8 Å². The van der Waals surface area contributed by atoms with Gasteiger partial charge in [-0.3, -0.25) is 9.78 Å². The summed E-state index contributed by atoms with van der Waals surface area (Å²) in [5, 5.41) is 18.6. The highest BCUT2D eigenvalue weighted by Crippen LogP contribution is 2.18. The summed E-state index contributed by atoms with van der Waals surface area (Å²) < 4.78 is 0. The molecule has 2 rings (SSSR count). The van der Waals surface area contributed by atoms with E-state index < -0.39 is 5.97 Å². The topological polar surface area (TPSA) is 70.4 Å². The summed E-state index contributed by atoms with van der Waals surface area (Å²) in [4.78, 5) is 14.6. The molecule has 0 amide bonds. The second-order valence-electron chi connectivity index (χ2n) is 3.25. The van der Waals surface area contributed by atoms with Crippen LogP contribution < -0.4 is 0 Å². The smallest absolute Gasteiger partial charge is 0.309 e. The van der Waals surface area contributed by atoms with Crippen molar-refractivity contribution in [2.45, 2.75) is 6.42 Å². The van der Waals surface area contributed by atoms with Crippen molar-refractivity contribution in [2.24, 2.45) is 0 Å². The zero-order valence-corrected chi connectivity index (χ0v) is 7.84. The molecule has 0 saturated carbocycles. The number of rotatable bonds is 2. The molecule has 4 heteroatoms. The van der Waals surface area contributed by atoms with Gasteiger partial charge in [-0.1, -0.05) is 6.07 Å². The van der Waals surface area contributed by atoms with Crippen LogP contribution in [0, 0.1) is 0 Å². The number of benzene rings is 1. The molecule has 1 aromatic carbocycles. The fourth-order valence-electron chi connectivity index (χ4n) is 1.41. The van der Waals surface area contributed by atoms with Crippen molar-refractivity contribution in [3.63, 3.8) is 0 Å². The van der Waals surface area contributed by atoms with E-state index in [0.717, 1.165) is 5.39 Å². The molecule has 0 aliphatic carbocycles. The fourth-order valence-corrected chi connectivity index (χ4v) is 1.41. The lowest BCUT2D eigenvalue weighted by Gasteiger charge is -2.00. The van der Waals surface area contributed by atoms with Crippen molar-refractivity contribution >= 4 is 16.9 Å². The van der Waals surface area contributed by atoms with Crippen molar-refractivity contribution in [1.82, 2.24) is 4.98 Å². The van der Waals surface area contributed by atoms with Crippen LogP contribution in [0.2, 0.25) is 0 Å². The maximum Gasteiger partial charge on any atom is 0.309 e. The number of aromatic hydroxyl groups is 1. The van der Waals surface area contributed by atoms with Crippen molar-refractivity contribution in [2.75, 3.05) is 0 Å². The largest absolute Gasteiger partial charge is 0.508 e. The molecule has 1 aromatic heterocycles. The number of nitrogens with zero attached hydrogens (tertiary/aromatic N) is 1. The van der Waals surface area contributed by atoms with Crippen molar-refractivity contribution in [3.05, 3.63) is 36.0 Å². The van der Waals surface area contributed by atoms with Gasteiger partial charge in [-0.25, -0.2) is 0 Å². The molecule has 76 valence electrons. The van der Waals surface area contributed by atoms with E-state index in [-0.39, 0.29) is 12.2 Å². The Morgan fingerprint density at radius 1 is 1.27 bits per heavy atom. The fraction of sp³-hybridized carbons (Fsp3) is 0.0909. The van der Waals surface area contributed by atoms with Gasteiger partial charge in [0.2, 0.25) is 0 Å². The van der Waals surface area contributed by atoms with Gasteiger partial charge in [0.1, 0.15) is 5.75 Å². The van der Waals surface area contributed by atoms with Crippen LogP contribution in [-0.4, -0.2) is 21.2 Å². The third-order valence-corrected chi connectivity index (χ3v) is 2.06. The maximum absolute atomic E-state index is 10.5. The Balaban J connectivity index is 2.47. The number of phenolic OH excluding ortho intramolecular Hbond substituents is 1. The Morgan fingerprint density at radius 3 is 2.80 bits per heavy atom. The molecule has 0 bridgehead atoms. The predicted molar refractivity (Wildman–Crippen MR) is 54.7 cm³/mol. The lowest BCUT2D eigenvalue weighted by molar-refractivity contribution is -0.136. The summed E-state index contributed by atoms with van der Waals surface area (Å²) in [7, 11) is 0. The third-order valence-electron chi connectivity index (χ3n) is 2.06. The first kappa shape index (κ1) is 9.45. The van der Waals surface area contributed by atoms with Gasteiger partial charge in [-0.2, -0.15) is 0 Å². The Bertz CT molecular complexity index is 522. The van der Waals surface area contributed by atoms with Gasteiger partial charge < -0.3 is 10.2 Å². The minimum atomic E-state index is -0.902. The van der Waals surface area contributed by atoms with Gasteiger partial charge >= 0.3 is 5.97 Å². The van der Waals surface area contributed by atoms with E-state index in [9.17, 15) is 9.90 Å². The molecule has 0 saturated heterocycles. The molecule has 2 aromatic rings. The van der Waals surface area contributed by atoms with E-state index in [1.54, 1.807) is 24.3 Å². The van der Waals surface area contributed by atoms with Gasteiger partial charge in [-0.05, 0) is 24.3 Å². The summed E-state index contributed by atoms with van der Waals surface area (Å²) >= 11 is 0. The normalized spacial score (nSPS) is 10.4. The summed E-state index contributed by atoms with van der Waals surface area (Å²) in [6.45, 7) is 0. The summed E-state index contributed by atoms with van der Waals surface area (Å²) in [5.74, 6) is -0.726. The van der Waals surface area contributed by atoms with Crippen LogP contribution in [0.4, 0.5) is 0 Å². The molecular weight excluding hydrogens is 194 g/mol. The SMILES string of the molecule is O=C(O)Cc1ccc2cc(O)ccc2n1. The Kier molecular flexibility index (Phi) is 2.25. The molecule has 4 nitrogen and oxygen atoms in total. The van der Waals surface area contributed by atoms with E-state index in [4.69, 9.17) is 5.11 Å². The highest BCUT2D eigenvalue weighted by atomic mass is 16.4. The summed E-state index contributed by atoms with van der Waals surface area (Å²) in [6.07, 6.45) is -0.0865. The van der Waals surface area contributed by atoms with Crippen LogP contribution in [0.1, 0.15) is 5.69 Å². The van der Waals surface area contributed by atoms with Crippen LogP contribution in [0.15, 0.2) is 30.3 Å². The third kappa shape index (κ3) is 2.04. The van der Waals surface area contributed by atoms with Gasteiger partial charge in [0.05, 0.1) is 17.6 Å². The van der Waals surface area contributed by atoms with E-state index in [1.165, 1.54) is 6.07 Å². The predicted octanol–water partition coefficient (Wildman–Crippen LogP) is 1.57. The van der Waals surface area contributed by atoms with E-state index >= 15 is 0 Å². The van der Waals surface area contributed by atoms with Crippen molar-refractivity contribution in [1.29, 1.82) is 0 Å². The molecule has 0 aliphatic rings. The number of hydrogen-bond donors (Lipinski definition) is 2. The van der Waals surface area contributed by atoms with Crippen LogP contribution in [-0.2, 0) is 11.2 Å². The monoisotopic (exact) mass is 203 g/mol. The highest BCUT2D eigenvalue weighted by molar-refractivity contribution is 5.81. The number of carboxylic acids is 1. The second-order valence-corrected chi connectivity index (χ2v) is 3.25. The number of pyridine rings is 1. The van der Waals surface area contributed by atoms with E-state index in [1.807, 2.05) is 0 Å². The van der Waals surface area contributed by atoms with Crippen LogP contribution >= 0.6 is 0 Å². The number of carbonyl (C=O) groups is 1. The number of phenols is 1. The first-order valence-electron chi connectivity index (χ1n) is 4.45. The van der Waals surface area contributed by atoms with Gasteiger partial charge in [0, 0.05) is 5.39 Å². The molecule has 0 spiro atoms. The zero-order valence-electron chi connectivity index (χ0n) is 7.84. The number of fused-ring (bicyclic) bond motifs is 1. The average molecular weight is 203 g/mol. The molecule has 0 aliphatic heterocycles. The molecular formula is C11H9NO3. The van der Waals surface area contributed by atoms with Crippen LogP contribution in [0.5, 0.6) is 5.75 Å². The number of aliphatic carboxylic acids is 1. The first-order valence-corrected chi connectivity index (χ1v) is 4.45. The van der Waals surface area contributed by atoms with Crippen molar-refractivity contribution < 1.29 is 15.0 Å². The molecule has 0 fully saturated rings. The molecule has 15 heavy (non-hydrogen) atoms. The quantitative estimate of drug-likeness (QED) is 0.777. The maximum atomic E-state index is 10.5. The molecule has 2 N–H and O–H groups in total. The van der Waals surface area contributed by atoms with Gasteiger partial charge in [-0.15, -0.1) is 0 Å². The first-order chi connectivity index (χ1) is 7.15. The average Bonchev–Trinajstić information content (AvgIpc) is 2.17. The van der Waals surface area contributed by atoms with Crippen LogP contribution in [0.25, 0.3) is 10.9 Å². The molecule has 0 radical (unpaired) electrons. The van der Waals surface area contributed by atoms with Crippen molar-refractivity contribution in [3.8, 4) is 5.75 Å². The minimum absolute atomic E-state index is 0.0865. The standard InChI is InChI=1S/C11H9NO3/c13-9-3-4-10-7(5-9)1-2-8(12-10)6-11(14)15/h1-5,13H,6H2,(H,14,15). The van der Waals surface area contributed by atoms with E-state index in [2.05, 4.69) is 4.98 Å². The Morgan fingerprint density at radius 2 is 2.07 bits per heavy atom. The summed E-state index contributed by atoms with van der Waals surface area (Å²) in [5.41, 5.74) is 1.20. The minimum Gasteiger partial charge on any atom is -0.508 e. The van der Waals surface area contributed by atoms with Gasteiger partial charge in [0.15, 0.2) is 0 Å². The number of hydrogen-bond acceptors (Lipinski definition) is 3. The zero-order chi connectivity index (χ0) is 10.8. The number of aromatic nitrogens is 1.